The molecule has 2 aliphatic rings. The molecule has 1 amide bonds. The molecule has 0 spiro atoms. The number of carbonyl (C=O) groups is 1. The maximum Gasteiger partial charge on any atom is 0.280 e. The summed E-state index contributed by atoms with van der Waals surface area (Å²) in [4.78, 5) is 27.3. The molecule has 1 fully saturated rings. The molecule has 0 unspecified atom stereocenters. The first-order valence-electron chi connectivity index (χ1n) is 8.97. The second-order valence-electron chi connectivity index (χ2n) is 6.50. The van der Waals surface area contributed by atoms with Crippen LogP contribution in [0, 0.1) is 10.1 Å². The third-order valence-corrected chi connectivity index (χ3v) is 4.84. The van der Waals surface area contributed by atoms with E-state index in [2.05, 4.69) is 17.0 Å². The summed E-state index contributed by atoms with van der Waals surface area (Å²) in [5.41, 5.74) is 1.33. The van der Waals surface area contributed by atoms with E-state index < -0.39 is 4.92 Å². The number of nitro groups is 1. The van der Waals surface area contributed by atoms with Crippen LogP contribution in [0.25, 0.3) is 6.08 Å². The Hall–Kier alpha value is -3.55. The van der Waals surface area contributed by atoms with Crippen molar-refractivity contribution in [3.05, 3.63) is 64.2 Å². The number of anilines is 1. The molecule has 1 saturated heterocycles. The lowest BCUT2D eigenvalue weighted by atomic mass is 10.1. The third kappa shape index (κ3) is 3.62. The van der Waals surface area contributed by atoms with Gasteiger partial charge in [-0.25, -0.2) is 0 Å². The summed E-state index contributed by atoms with van der Waals surface area (Å²) in [6.07, 6.45) is 2.84. The van der Waals surface area contributed by atoms with Crippen molar-refractivity contribution in [2.24, 2.45) is 0 Å². The van der Waals surface area contributed by atoms with E-state index >= 15 is 0 Å². The van der Waals surface area contributed by atoms with Crippen LogP contribution in [0.2, 0.25) is 0 Å². The summed E-state index contributed by atoms with van der Waals surface area (Å²) in [5, 5.41) is 11.3. The van der Waals surface area contributed by atoms with Gasteiger partial charge in [-0.15, -0.1) is 0 Å². The molecule has 0 atom stereocenters. The lowest BCUT2D eigenvalue weighted by Gasteiger charge is -2.35. The van der Waals surface area contributed by atoms with Crippen LogP contribution in [0.4, 0.5) is 11.4 Å². The first-order valence-corrected chi connectivity index (χ1v) is 8.97. The molecule has 0 saturated carbocycles. The van der Waals surface area contributed by atoms with E-state index in [-0.39, 0.29) is 18.4 Å². The minimum absolute atomic E-state index is 0.0320. The Morgan fingerprint density at radius 2 is 1.71 bits per heavy atom. The number of hydrogen-bond acceptors (Lipinski definition) is 6. The number of nitro benzene ring substituents is 1. The van der Waals surface area contributed by atoms with Gasteiger partial charge in [-0.1, -0.05) is 18.2 Å². The summed E-state index contributed by atoms with van der Waals surface area (Å²) in [5.74, 6) is 0.612. The van der Waals surface area contributed by atoms with Gasteiger partial charge in [-0.05, 0) is 24.3 Å². The molecule has 2 heterocycles. The molecule has 0 N–H and O–H groups in total. The second kappa shape index (κ2) is 7.59. The number of nitrogens with zero attached hydrogens (tertiary/aromatic N) is 3. The van der Waals surface area contributed by atoms with Gasteiger partial charge in [0.2, 0.25) is 12.7 Å². The van der Waals surface area contributed by atoms with Crippen LogP contribution in [0.5, 0.6) is 11.5 Å². The largest absolute Gasteiger partial charge is 0.454 e. The normalized spacial score (nSPS) is 15.9. The molecule has 28 heavy (non-hydrogen) atoms. The lowest BCUT2D eigenvalue weighted by molar-refractivity contribution is -0.385. The van der Waals surface area contributed by atoms with Gasteiger partial charge in [0.25, 0.3) is 5.69 Å². The number of carbonyl (C=O) groups excluding carboxylic acids is 1. The molecule has 0 aromatic heterocycles. The van der Waals surface area contributed by atoms with Crippen LogP contribution < -0.4 is 14.4 Å². The van der Waals surface area contributed by atoms with Gasteiger partial charge in [0.1, 0.15) is 0 Å². The highest BCUT2D eigenvalue weighted by Crippen LogP contribution is 2.38. The predicted octanol–water partition coefficient (Wildman–Crippen LogP) is 2.69. The van der Waals surface area contributed by atoms with Crippen molar-refractivity contribution in [1.82, 2.24) is 4.90 Å². The quantitative estimate of drug-likeness (QED) is 0.460. The van der Waals surface area contributed by atoms with Gasteiger partial charge in [0.05, 0.1) is 16.6 Å². The number of para-hydroxylation sites is 1. The van der Waals surface area contributed by atoms with Crippen molar-refractivity contribution >= 4 is 23.4 Å². The summed E-state index contributed by atoms with van der Waals surface area (Å²) < 4.78 is 10.5. The number of amides is 1. The van der Waals surface area contributed by atoms with Crippen molar-refractivity contribution < 1.29 is 19.2 Å². The zero-order chi connectivity index (χ0) is 19.5. The fraction of sp³-hybridized carbons (Fsp3) is 0.250. The Balaban J connectivity index is 1.43. The van der Waals surface area contributed by atoms with E-state index in [4.69, 9.17) is 9.47 Å². The molecule has 0 aliphatic carbocycles. The Morgan fingerprint density at radius 3 is 2.39 bits per heavy atom. The molecule has 0 radical (unpaired) electrons. The topological polar surface area (TPSA) is 85.1 Å². The minimum Gasteiger partial charge on any atom is -0.454 e. The average molecular weight is 381 g/mol. The smallest absolute Gasteiger partial charge is 0.280 e. The highest BCUT2D eigenvalue weighted by Gasteiger charge is 2.23. The Bertz CT molecular complexity index is 921. The number of piperazine rings is 1. The molecule has 4 rings (SSSR count). The second-order valence-corrected chi connectivity index (χ2v) is 6.50. The molecular weight excluding hydrogens is 362 g/mol. The molecule has 2 aliphatic heterocycles. The fourth-order valence-electron chi connectivity index (χ4n) is 3.33. The van der Waals surface area contributed by atoms with Crippen LogP contribution in [-0.4, -0.2) is 48.7 Å². The van der Waals surface area contributed by atoms with E-state index in [1.165, 1.54) is 24.3 Å². The van der Waals surface area contributed by atoms with E-state index in [0.717, 1.165) is 18.8 Å². The number of rotatable bonds is 4. The van der Waals surface area contributed by atoms with E-state index in [0.29, 0.717) is 30.2 Å². The maximum atomic E-state index is 12.5. The molecule has 2 aromatic rings. The highest BCUT2D eigenvalue weighted by atomic mass is 16.7. The van der Waals surface area contributed by atoms with E-state index in [1.54, 1.807) is 4.90 Å². The van der Waals surface area contributed by atoms with Gasteiger partial charge >= 0.3 is 0 Å². The maximum absolute atomic E-state index is 12.5. The monoisotopic (exact) mass is 381 g/mol. The molecule has 0 bridgehead atoms. The van der Waals surface area contributed by atoms with Crippen molar-refractivity contribution in [3.63, 3.8) is 0 Å². The Labute approximate surface area is 161 Å². The van der Waals surface area contributed by atoms with Gasteiger partial charge < -0.3 is 19.3 Å². The number of ether oxygens (including phenoxy) is 2. The summed E-state index contributed by atoms with van der Waals surface area (Å²) >= 11 is 0. The predicted molar refractivity (Wildman–Crippen MR) is 103 cm³/mol. The van der Waals surface area contributed by atoms with E-state index in [9.17, 15) is 14.9 Å². The van der Waals surface area contributed by atoms with Crippen molar-refractivity contribution in [3.8, 4) is 11.5 Å². The fourth-order valence-corrected chi connectivity index (χ4v) is 3.33. The first kappa shape index (κ1) is 17.8. The van der Waals surface area contributed by atoms with Crippen LogP contribution in [0.1, 0.15) is 5.56 Å². The van der Waals surface area contributed by atoms with Crippen molar-refractivity contribution in [2.75, 3.05) is 37.9 Å². The number of benzene rings is 2. The van der Waals surface area contributed by atoms with Crippen LogP contribution >= 0.6 is 0 Å². The summed E-state index contributed by atoms with van der Waals surface area (Å²) in [6, 6.07) is 12.9. The average Bonchev–Trinajstić information content (AvgIpc) is 3.19. The minimum atomic E-state index is -0.495. The zero-order valence-corrected chi connectivity index (χ0v) is 15.1. The summed E-state index contributed by atoms with van der Waals surface area (Å²) in [7, 11) is 0. The third-order valence-electron chi connectivity index (χ3n) is 4.84. The number of hydrogen-bond donors (Lipinski definition) is 0. The lowest BCUT2D eigenvalue weighted by Crippen LogP contribution is -2.48. The van der Waals surface area contributed by atoms with Gasteiger partial charge in [0, 0.05) is 37.9 Å². The number of fused-ring (bicyclic) bond motifs is 1. The molecule has 8 heteroatoms. The standard InChI is InChI=1S/C20H19N3O5/c24-20(22-10-8-21(9-11-22)16-4-2-1-3-5-16)7-6-15-12-18-19(28-14-27-18)13-17(15)23(25)26/h1-7,12-13H,8-11,14H2/b7-6+. The SMILES string of the molecule is O=C(/C=C/c1cc2c(cc1[N+](=O)[O-])OCO2)N1CCN(c2ccccc2)CC1. The van der Waals surface area contributed by atoms with Gasteiger partial charge in [-0.3, -0.25) is 14.9 Å². The molecule has 2 aromatic carbocycles. The van der Waals surface area contributed by atoms with E-state index in [1.807, 2.05) is 18.2 Å². The van der Waals surface area contributed by atoms with Crippen LogP contribution in [0.3, 0.4) is 0 Å². The molecular formula is C20H19N3O5. The summed E-state index contributed by atoms with van der Waals surface area (Å²) in [6.45, 7) is 2.72. The Kier molecular flexibility index (Phi) is 4.84. The zero-order valence-electron chi connectivity index (χ0n) is 15.1. The highest BCUT2D eigenvalue weighted by molar-refractivity contribution is 5.92. The molecule has 144 valence electrons. The van der Waals surface area contributed by atoms with Gasteiger partial charge in [0.15, 0.2) is 11.5 Å². The van der Waals surface area contributed by atoms with Crippen LogP contribution in [-0.2, 0) is 4.79 Å². The van der Waals surface area contributed by atoms with Crippen LogP contribution in [0.15, 0.2) is 48.5 Å². The first-order chi connectivity index (χ1) is 13.6. The van der Waals surface area contributed by atoms with Crippen molar-refractivity contribution in [2.45, 2.75) is 0 Å². The molecule has 8 nitrogen and oxygen atoms in total. The Morgan fingerprint density at radius 1 is 1.04 bits per heavy atom. The van der Waals surface area contributed by atoms with Gasteiger partial charge in [-0.2, -0.15) is 0 Å². The van der Waals surface area contributed by atoms with Crippen molar-refractivity contribution in [1.29, 1.82) is 0 Å².